The fourth-order valence-corrected chi connectivity index (χ4v) is 16.1. The van der Waals surface area contributed by atoms with Crippen LogP contribution in [0.4, 0.5) is 11.4 Å². The van der Waals surface area contributed by atoms with Crippen LogP contribution in [0, 0.1) is 31.1 Å². The normalized spacial score (nSPS) is 22.6. The van der Waals surface area contributed by atoms with Crippen LogP contribution in [0.25, 0.3) is 0 Å². The Kier molecular flexibility index (Phi) is 22.8. The van der Waals surface area contributed by atoms with Crippen LogP contribution in [0.1, 0.15) is 138 Å². The van der Waals surface area contributed by atoms with Crippen molar-refractivity contribution >= 4 is 47.2 Å². The van der Waals surface area contributed by atoms with Crippen molar-refractivity contribution in [2.45, 2.75) is 127 Å². The number of allylic oxidation sites excluding steroid dienone is 2. The average Bonchev–Trinajstić information content (AvgIpc) is 0.698. The topological polar surface area (TPSA) is 279 Å². The van der Waals surface area contributed by atoms with Crippen LogP contribution in [0.5, 0.6) is 0 Å². The number of nitrogens with zero attached hydrogens (tertiary/aromatic N) is 6. The van der Waals surface area contributed by atoms with E-state index in [-0.39, 0.29) is 75.3 Å². The fourth-order valence-electron chi connectivity index (χ4n) is 16.1. The summed E-state index contributed by atoms with van der Waals surface area (Å²) in [6.45, 7) is 11.5. The van der Waals surface area contributed by atoms with Gasteiger partial charge in [-0.2, -0.15) is 5.06 Å². The van der Waals surface area contributed by atoms with Crippen LogP contribution in [0.3, 0.4) is 0 Å². The average molecular weight is 1360 g/mol. The number of hydrogen-bond acceptors (Lipinski definition) is 18. The van der Waals surface area contributed by atoms with Gasteiger partial charge in [-0.3, -0.25) is 29.8 Å². The lowest BCUT2D eigenvalue weighted by molar-refractivity contribution is -0.385. The number of unbranched alkanes of at least 4 members (excludes halogenated alkanes) is 2. The molecule has 0 saturated carbocycles. The van der Waals surface area contributed by atoms with Crippen LogP contribution < -0.4 is 0 Å². The molecule has 6 aromatic carbocycles. The van der Waals surface area contributed by atoms with Gasteiger partial charge in [0.05, 0.1) is 74.9 Å². The highest BCUT2D eigenvalue weighted by Crippen LogP contribution is 2.61. The molecule has 0 aromatic heterocycles. The van der Waals surface area contributed by atoms with Gasteiger partial charge in [0.1, 0.15) is 0 Å². The second-order valence-electron chi connectivity index (χ2n) is 26.8. The standard InChI is InChI=1S/C78H86N6O16/c1-53-67(71(87)97-6)69(57-25-23-35-63(51-57)83(93)94)68(72(88)98-50-22-21-45-80-48-42-77(43-49-80,61-31-15-9-16-32-61)62-33-17-10-18-34-62)54(2)81(53)99-65(85)37-38-66(86)100-82-55(3)75(5,73(89)90)70(58-26-24-36-64(52-58)84(95)96)78(56(82)4,74(91)92)39-19-20-44-79-46-40-76(41-47-79,59-27-11-7-12-28-59)60-29-13-8-14-30-60/h7-18,23-38,51-52,55-56,69-70H,19-22,39-50H2,1-6H3,(H,89,90)(H,91,92)/b38-37+. The number of carboxylic acid groups (broad SMARTS) is 2. The van der Waals surface area contributed by atoms with Crippen LogP contribution in [-0.2, 0) is 58.7 Å². The smallest absolute Gasteiger partial charge is 0.356 e. The van der Waals surface area contributed by atoms with E-state index in [9.17, 15) is 59.2 Å². The number of benzene rings is 6. The number of nitro groups is 2. The van der Waals surface area contributed by atoms with E-state index >= 15 is 0 Å². The van der Waals surface area contributed by atoms with Gasteiger partial charge in [-0.25, -0.2) is 19.2 Å². The molecule has 0 amide bonds. The number of methoxy groups -OCH3 is 1. The highest BCUT2D eigenvalue weighted by molar-refractivity contribution is 6.00. The molecule has 6 unspecified atom stereocenters. The van der Waals surface area contributed by atoms with E-state index in [1.807, 2.05) is 48.5 Å². The van der Waals surface area contributed by atoms with E-state index in [1.54, 1.807) is 0 Å². The Morgan fingerprint density at radius 2 is 0.960 bits per heavy atom. The number of non-ortho nitro benzene ring substituents is 2. The first-order valence-electron chi connectivity index (χ1n) is 34.0. The van der Waals surface area contributed by atoms with E-state index in [0.717, 1.165) is 75.6 Å². The summed E-state index contributed by atoms with van der Waals surface area (Å²) in [5.41, 5.74) is -0.637. The summed E-state index contributed by atoms with van der Waals surface area (Å²) >= 11 is 0. The third kappa shape index (κ3) is 14.6. The number of aliphatic carboxylic acids is 2. The lowest BCUT2D eigenvalue weighted by atomic mass is 9.51. The van der Waals surface area contributed by atoms with Gasteiger partial charge in [0.2, 0.25) is 0 Å². The van der Waals surface area contributed by atoms with Gasteiger partial charge in [-0.05, 0) is 159 Å². The third-order valence-electron chi connectivity index (χ3n) is 21.6. The quantitative estimate of drug-likeness (QED) is 0.0168. The Labute approximate surface area is 581 Å². The summed E-state index contributed by atoms with van der Waals surface area (Å²) < 4.78 is 11.2. The predicted molar refractivity (Wildman–Crippen MR) is 372 cm³/mol. The molecule has 4 heterocycles. The number of esters is 2. The molecule has 524 valence electrons. The molecule has 0 radical (unpaired) electrons. The number of rotatable bonds is 26. The Morgan fingerprint density at radius 1 is 0.540 bits per heavy atom. The molecule has 3 fully saturated rings. The summed E-state index contributed by atoms with van der Waals surface area (Å²) in [5, 5.41) is 49.5. The van der Waals surface area contributed by atoms with E-state index < -0.39 is 80.4 Å². The van der Waals surface area contributed by atoms with Crippen molar-refractivity contribution in [1.29, 1.82) is 0 Å². The van der Waals surface area contributed by atoms with Crippen LogP contribution in [0.2, 0.25) is 0 Å². The van der Waals surface area contributed by atoms with Gasteiger partial charge >= 0.3 is 35.8 Å². The minimum absolute atomic E-state index is 0.0547. The van der Waals surface area contributed by atoms with Gasteiger partial charge in [-0.1, -0.05) is 152 Å². The minimum Gasteiger partial charge on any atom is -0.481 e. The fraction of sp³-hybridized carbons (Fsp3) is 0.385. The van der Waals surface area contributed by atoms with Crippen LogP contribution in [0.15, 0.2) is 205 Å². The van der Waals surface area contributed by atoms with Crippen molar-refractivity contribution in [3.05, 3.63) is 258 Å². The third-order valence-corrected chi connectivity index (χ3v) is 21.6. The zero-order valence-electron chi connectivity index (χ0n) is 57.2. The molecule has 3 saturated heterocycles. The number of likely N-dealkylation sites (tertiary alicyclic amines) is 2. The maximum atomic E-state index is 14.7. The molecule has 4 aliphatic rings. The van der Waals surface area contributed by atoms with Crippen molar-refractivity contribution in [2.24, 2.45) is 10.8 Å². The van der Waals surface area contributed by atoms with Crippen molar-refractivity contribution in [3.63, 3.8) is 0 Å². The van der Waals surface area contributed by atoms with Gasteiger partial charge in [-0.15, -0.1) is 5.06 Å². The molecule has 10 rings (SSSR count). The van der Waals surface area contributed by atoms with Gasteiger partial charge < -0.3 is 39.2 Å². The molecule has 0 bridgehead atoms. The van der Waals surface area contributed by atoms with Crippen molar-refractivity contribution in [3.8, 4) is 0 Å². The minimum atomic E-state index is -2.12. The maximum Gasteiger partial charge on any atom is 0.356 e. The van der Waals surface area contributed by atoms with E-state index in [1.165, 1.54) is 105 Å². The first-order chi connectivity index (χ1) is 48.0. The zero-order valence-corrected chi connectivity index (χ0v) is 57.2. The second kappa shape index (κ2) is 31.4. The summed E-state index contributed by atoms with van der Waals surface area (Å²) in [6, 6.07) is 49.9. The molecular formula is C78H86N6O16. The van der Waals surface area contributed by atoms with E-state index in [4.69, 9.17) is 19.1 Å². The van der Waals surface area contributed by atoms with Gasteiger partial charge in [0, 0.05) is 53.2 Å². The van der Waals surface area contributed by atoms with Crippen LogP contribution in [-0.4, -0.2) is 141 Å². The number of hydroxylamine groups is 4. The van der Waals surface area contributed by atoms with Gasteiger partial charge in [0.25, 0.3) is 11.4 Å². The van der Waals surface area contributed by atoms with E-state index in [0.29, 0.717) is 38.0 Å². The van der Waals surface area contributed by atoms with Crippen molar-refractivity contribution in [2.75, 3.05) is 53.0 Å². The number of piperidine rings is 3. The SMILES string of the molecule is COC(=O)C1=C(C)N(OC(=O)/C=C/C(=O)ON2C(C)C(C)(C(=O)O)C(c3cccc([N+](=O)[O-])c3)C(CCCCN3CCC(c4ccccc4)(c4ccccc4)CC3)(C(=O)O)C2C)C(C)=C(C(=O)OCCCCN2CCC(c3ccccc3)(c3ccccc3)CC2)C1c1cccc([N+](=O)[O-])c1. The Hall–Kier alpha value is -10.2. The first-order valence-corrected chi connectivity index (χ1v) is 34.0. The monoisotopic (exact) mass is 1360 g/mol. The second-order valence-corrected chi connectivity index (χ2v) is 26.8. The lowest BCUT2D eigenvalue weighted by Gasteiger charge is -2.59. The summed E-state index contributed by atoms with van der Waals surface area (Å²) in [6.07, 6.45) is 6.54. The number of ether oxygens (including phenoxy) is 2. The summed E-state index contributed by atoms with van der Waals surface area (Å²) in [7, 11) is 1.10. The predicted octanol–water partition coefficient (Wildman–Crippen LogP) is 12.8. The lowest BCUT2D eigenvalue weighted by Crippen LogP contribution is -2.69. The number of nitro benzene ring substituents is 2. The number of carbonyl (C=O) groups excluding carboxylic acids is 4. The van der Waals surface area contributed by atoms with Crippen LogP contribution >= 0.6 is 0 Å². The summed E-state index contributed by atoms with van der Waals surface area (Å²) in [5.74, 6) is -10.1. The molecule has 0 spiro atoms. The molecule has 6 aromatic rings. The number of carboxylic acids is 2. The van der Waals surface area contributed by atoms with Crippen molar-refractivity contribution < 1.29 is 68.0 Å². The first kappa shape index (κ1) is 72.6. The number of carbonyl (C=O) groups is 6. The highest BCUT2D eigenvalue weighted by atomic mass is 16.7. The Balaban J connectivity index is 0.863. The molecule has 0 aliphatic carbocycles. The Bertz CT molecular complexity index is 3990. The van der Waals surface area contributed by atoms with Gasteiger partial charge in [0.15, 0.2) is 0 Å². The Morgan fingerprint density at radius 3 is 1.39 bits per heavy atom. The molecule has 6 atom stereocenters. The molecule has 100 heavy (non-hydrogen) atoms. The largest absolute Gasteiger partial charge is 0.481 e. The number of hydrogen-bond donors (Lipinski definition) is 2. The molecule has 22 heteroatoms. The zero-order chi connectivity index (χ0) is 71.5. The molecule has 2 N–H and O–H groups in total. The van der Waals surface area contributed by atoms with Crippen molar-refractivity contribution in [1.82, 2.24) is 19.9 Å². The molecule has 4 aliphatic heterocycles. The molecule has 22 nitrogen and oxygen atoms in total. The highest BCUT2D eigenvalue weighted by Gasteiger charge is 2.68. The maximum absolute atomic E-state index is 14.7. The summed E-state index contributed by atoms with van der Waals surface area (Å²) in [4.78, 5) is 125. The molecular weight excluding hydrogens is 1280 g/mol. The van der Waals surface area contributed by atoms with E-state index in [2.05, 4.69) is 82.6 Å².